The third-order valence-corrected chi connectivity index (χ3v) is 4.75. The van der Waals surface area contributed by atoms with Crippen LogP contribution in [0.15, 0.2) is 88.4 Å². The Morgan fingerprint density at radius 3 is 2.29 bits per heavy atom. The summed E-state index contributed by atoms with van der Waals surface area (Å²) in [5.74, 6) is -0.00505. The van der Waals surface area contributed by atoms with Crippen molar-refractivity contribution in [1.29, 1.82) is 0 Å². The van der Waals surface area contributed by atoms with Crippen molar-refractivity contribution in [1.82, 2.24) is 10.7 Å². The Bertz CT molecular complexity index is 1040. The first-order valence-corrected chi connectivity index (χ1v) is 10.5. The summed E-state index contributed by atoms with van der Waals surface area (Å²) in [7, 11) is 0. The van der Waals surface area contributed by atoms with Gasteiger partial charge in [-0.05, 0) is 29.3 Å². The maximum atomic E-state index is 12.0. The Kier molecular flexibility index (Phi) is 8.37. The fourth-order valence-corrected chi connectivity index (χ4v) is 3.10. The van der Waals surface area contributed by atoms with Gasteiger partial charge in [-0.25, -0.2) is 5.43 Å². The minimum atomic E-state index is -0.417. The van der Waals surface area contributed by atoms with Crippen LogP contribution in [0, 0.1) is 0 Å². The number of rotatable bonds is 9. The van der Waals surface area contributed by atoms with Crippen LogP contribution in [-0.4, -0.2) is 24.6 Å². The number of carbonyl (C=O) groups excluding carboxylic acids is 2. The lowest BCUT2D eigenvalue weighted by Gasteiger charge is -2.10. The van der Waals surface area contributed by atoms with Crippen LogP contribution in [-0.2, 0) is 22.6 Å². The first-order chi connectivity index (χ1) is 15.1. The highest BCUT2D eigenvalue weighted by atomic mass is 79.9. The molecule has 3 aromatic rings. The summed E-state index contributed by atoms with van der Waals surface area (Å²) in [6, 6.07) is 24.7. The molecule has 0 aliphatic rings. The van der Waals surface area contributed by atoms with Crippen LogP contribution in [0.4, 0.5) is 0 Å². The van der Waals surface area contributed by atoms with Crippen LogP contribution < -0.4 is 15.5 Å². The maximum absolute atomic E-state index is 12.0. The predicted molar refractivity (Wildman–Crippen MR) is 124 cm³/mol. The van der Waals surface area contributed by atoms with Gasteiger partial charge < -0.3 is 10.1 Å². The zero-order chi connectivity index (χ0) is 21.9. The number of hydrogen-bond acceptors (Lipinski definition) is 4. The molecular weight excluding hydrogens is 458 g/mol. The van der Waals surface area contributed by atoms with Gasteiger partial charge in [0.25, 0.3) is 5.91 Å². The van der Waals surface area contributed by atoms with E-state index in [9.17, 15) is 9.59 Å². The lowest BCUT2D eigenvalue weighted by Crippen LogP contribution is -2.35. The second-order valence-electron chi connectivity index (χ2n) is 6.69. The standard InChI is InChI=1S/C24H22BrN3O3/c25-21-11-12-22(31-17-19-9-5-2-6-10-19)20(14-21)15-27-28-24(30)16-26-23(29)13-18-7-3-1-4-8-18/h1-12,14-15H,13,16-17H2,(H,26,29)(H,28,30)/b27-15-. The minimum Gasteiger partial charge on any atom is -0.488 e. The normalized spacial score (nSPS) is 10.6. The summed E-state index contributed by atoms with van der Waals surface area (Å²) in [5.41, 5.74) is 5.06. The topological polar surface area (TPSA) is 79.8 Å². The third kappa shape index (κ3) is 7.71. The summed E-state index contributed by atoms with van der Waals surface area (Å²) in [4.78, 5) is 23.9. The van der Waals surface area contributed by atoms with Gasteiger partial charge in [0.1, 0.15) is 12.4 Å². The van der Waals surface area contributed by atoms with E-state index in [4.69, 9.17) is 4.74 Å². The molecule has 0 radical (unpaired) electrons. The maximum Gasteiger partial charge on any atom is 0.259 e. The van der Waals surface area contributed by atoms with Crippen molar-refractivity contribution in [2.75, 3.05) is 6.54 Å². The number of carbonyl (C=O) groups is 2. The molecule has 0 heterocycles. The van der Waals surface area contributed by atoms with Gasteiger partial charge in [-0.1, -0.05) is 76.6 Å². The number of hydrazone groups is 1. The molecule has 0 fully saturated rings. The summed E-state index contributed by atoms with van der Waals surface area (Å²) >= 11 is 3.43. The average molecular weight is 480 g/mol. The van der Waals surface area contributed by atoms with Crippen molar-refractivity contribution in [3.63, 3.8) is 0 Å². The van der Waals surface area contributed by atoms with Gasteiger partial charge in [0.2, 0.25) is 5.91 Å². The minimum absolute atomic E-state index is 0.154. The molecular formula is C24H22BrN3O3. The lowest BCUT2D eigenvalue weighted by molar-refractivity contribution is -0.125. The first kappa shape index (κ1) is 22.2. The highest BCUT2D eigenvalue weighted by molar-refractivity contribution is 9.10. The highest BCUT2D eigenvalue weighted by Gasteiger charge is 2.07. The molecule has 31 heavy (non-hydrogen) atoms. The van der Waals surface area contributed by atoms with Gasteiger partial charge in [-0.15, -0.1) is 0 Å². The molecule has 0 saturated heterocycles. The SMILES string of the molecule is O=C(Cc1ccccc1)NCC(=O)N/N=C\c1cc(Br)ccc1OCc1ccccc1. The van der Waals surface area contributed by atoms with Crippen LogP contribution >= 0.6 is 15.9 Å². The Hall–Kier alpha value is -3.45. The van der Waals surface area contributed by atoms with Crippen molar-refractivity contribution in [2.45, 2.75) is 13.0 Å². The van der Waals surface area contributed by atoms with Gasteiger partial charge in [0.05, 0.1) is 19.2 Å². The Balaban J connectivity index is 1.49. The molecule has 7 heteroatoms. The van der Waals surface area contributed by atoms with E-state index in [2.05, 4.69) is 31.8 Å². The predicted octanol–water partition coefficient (Wildman–Crippen LogP) is 3.84. The molecule has 2 amide bonds. The number of hydrogen-bond donors (Lipinski definition) is 2. The molecule has 3 rings (SSSR count). The molecule has 0 aliphatic heterocycles. The molecule has 3 aromatic carbocycles. The van der Waals surface area contributed by atoms with E-state index in [0.717, 1.165) is 15.6 Å². The van der Waals surface area contributed by atoms with Crippen molar-refractivity contribution < 1.29 is 14.3 Å². The van der Waals surface area contributed by atoms with Crippen LogP contribution in [0.3, 0.4) is 0 Å². The quantitative estimate of drug-likeness (QED) is 0.361. The van der Waals surface area contributed by atoms with Crippen molar-refractivity contribution in [3.05, 3.63) is 100 Å². The summed E-state index contributed by atoms with van der Waals surface area (Å²) in [6.45, 7) is 0.266. The number of amides is 2. The Morgan fingerprint density at radius 1 is 0.903 bits per heavy atom. The van der Waals surface area contributed by atoms with E-state index in [1.165, 1.54) is 6.21 Å². The largest absolute Gasteiger partial charge is 0.488 e. The molecule has 0 saturated carbocycles. The molecule has 158 valence electrons. The summed E-state index contributed by atoms with van der Waals surface area (Å²) < 4.78 is 6.75. The second kappa shape index (κ2) is 11.7. The van der Waals surface area contributed by atoms with Gasteiger partial charge in [0, 0.05) is 10.0 Å². The van der Waals surface area contributed by atoms with Crippen LogP contribution in [0.1, 0.15) is 16.7 Å². The van der Waals surface area contributed by atoms with Crippen molar-refractivity contribution in [3.8, 4) is 5.75 Å². The molecule has 0 aromatic heterocycles. The molecule has 0 atom stereocenters. The Morgan fingerprint density at radius 2 is 1.58 bits per heavy atom. The van der Waals surface area contributed by atoms with E-state index in [-0.39, 0.29) is 18.9 Å². The van der Waals surface area contributed by atoms with Crippen LogP contribution in [0.5, 0.6) is 5.75 Å². The van der Waals surface area contributed by atoms with Crippen LogP contribution in [0.2, 0.25) is 0 Å². The smallest absolute Gasteiger partial charge is 0.259 e. The number of ether oxygens (including phenoxy) is 1. The molecule has 0 bridgehead atoms. The van der Waals surface area contributed by atoms with Crippen molar-refractivity contribution >= 4 is 34.0 Å². The van der Waals surface area contributed by atoms with E-state index in [1.807, 2.05) is 78.9 Å². The number of nitrogens with zero attached hydrogens (tertiary/aromatic N) is 1. The molecule has 6 nitrogen and oxygen atoms in total. The van der Waals surface area contributed by atoms with Gasteiger partial charge in [0.15, 0.2) is 0 Å². The summed E-state index contributed by atoms with van der Waals surface area (Å²) in [5, 5.41) is 6.57. The van der Waals surface area contributed by atoms with E-state index >= 15 is 0 Å². The fourth-order valence-electron chi connectivity index (χ4n) is 2.72. The van der Waals surface area contributed by atoms with E-state index in [0.29, 0.717) is 17.9 Å². The summed E-state index contributed by atoms with van der Waals surface area (Å²) in [6.07, 6.45) is 1.73. The number of halogens is 1. The van der Waals surface area contributed by atoms with Gasteiger partial charge in [-0.3, -0.25) is 9.59 Å². The van der Waals surface area contributed by atoms with Crippen molar-refractivity contribution in [2.24, 2.45) is 5.10 Å². The molecule has 2 N–H and O–H groups in total. The highest BCUT2D eigenvalue weighted by Crippen LogP contribution is 2.22. The van der Waals surface area contributed by atoms with E-state index in [1.54, 1.807) is 0 Å². The van der Waals surface area contributed by atoms with E-state index < -0.39 is 5.91 Å². The monoisotopic (exact) mass is 479 g/mol. The number of benzene rings is 3. The third-order valence-electron chi connectivity index (χ3n) is 4.26. The van der Waals surface area contributed by atoms with Gasteiger partial charge in [-0.2, -0.15) is 5.10 Å². The molecule has 0 unspecified atom stereocenters. The molecule has 0 aliphatic carbocycles. The number of nitrogens with one attached hydrogen (secondary N) is 2. The fraction of sp³-hybridized carbons (Fsp3) is 0.125. The Labute approximate surface area is 189 Å². The van der Waals surface area contributed by atoms with Crippen LogP contribution in [0.25, 0.3) is 0 Å². The zero-order valence-corrected chi connectivity index (χ0v) is 18.3. The lowest BCUT2D eigenvalue weighted by atomic mass is 10.1. The average Bonchev–Trinajstić information content (AvgIpc) is 2.78. The second-order valence-corrected chi connectivity index (χ2v) is 7.60. The zero-order valence-electron chi connectivity index (χ0n) is 16.8. The molecule has 0 spiro atoms. The van der Waals surface area contributed by atoms with Gasteiger partial charge >= 0.3 is 0 Å². The first-order valence-electron chi connectivity index (χ1n) is 9.69.